The Labute approximate surface area is 157 Å². The molecule has 2 fully saturated rings. The van der Waals surface area contributed by atoms with Gasteiger partial charge in [-0.1, -0.05) is 0 Å². The van der Waals surface area contributed by atoms with Crippen LogP contribution >= 0.6 is 0 Å². The Bertz CT molecular complexity index is 914. The zero-order valence-corrected chi connectivity index (χ0v) is 14.8. The predicted octanol–water partition coefficient (Wildman–Crippen LogP) is 2.70. The third-order valence-electron chi connectivity index (χ3n) is 5.38. The summed E-state index contributed by atoms with van der Waals surface area (Å²) in [5, 5.41) is 26.6. The van der Waals surface area contributed by atoms with Gasteiger partial charge in [0.05, 0.1) is 11.4 Å². The number of benzene rings is 1. The van der Waals surface area contributed by atoms with Crippen molar-refractivity contribution in [3.8, 4) is 28.6 Å². The first-order valence-corrected chi connectivity index (χ1v) is 9.34. The molecule has 2 N–H and O–H groups in total. The first-order chi connectivity index (χ1) is 13.2. The lowest BCUT2D eigenvalue weighted by molar-refractivity contribution is 0.130. The van der Waals surface area contributed by atoms with E-state index in [1.54, 1.807) is 16.9 Å². The van der Waals surface area contributed by atoms with Gasteiger partial charge in [-0.15, -0.1) is 10.2 Å². The Kier molecular flexibility index (Phi) is 4.01. The van der Waals surface area contributed by atoms with Crippen molar-refractivity contribution >= 4 is 0 Å². The van der Waals surface area contributed by atoms with Crippen LogP contribution in [-0.2, 0) is 0 Å². The molecule has 3 aromatic rings. The van der Waals surface area contributed by atoms with E-state index in [0.29, 0.717) is 29.2 Å². The largest absolute Gasteiger partial charge is 0.507 e. The number of hydrogen-bond acceptors (Lipinski definition) is 6. The third-order valence-corrected chi connectivity index (χ3v) is 5.38. The summed E-state index contributed by atoms with van der Waals surface area (Å²) < 4.78 is 7.73. The second-order valence-corrected chi connectivity index (χ2v) is 7.26. The molecule has 0 radical (unpaired) electrons. The van der Waals surface area contributed by atoms with Crippen LogP contribution in [0.4, 0.5) is 0 Å². The average molecular weight is 363 g/mol. The zero-order chi connectivity index (χ0) is 18.2. The van der Waals surface area contributed by atoms with E-state index in [4.69, 9.17) is 4.74 Å². The maximum Gasteiger partial charge on any atom is 0.233 e. The normalized spacial score (nSPS) is 24.1. The van der Waals surface area contributed by atoms with Crippen molar-refractivity contribution in [1.82, 2.24) is 25.3 Å². The Morgan fingerprint density at radius 1 is 1.07 bits per heavy atom. The van der Waals surface area contributed by atoms with Gasteiger partial charge >= 0.3 is 0 Å². The van der Waals surface area contributed by atoms with Gasteiger partial charge in [-0.2, -0.15) is 5.10 Å². The number of rotatable bonds is 4. The molecule has 0 amide bonds. The van der Waals surface area contributed by atoms with Crippen molar-refractivity contribution < 1.29 is 9.84 Å². The van der Waals surface area contributed by atoms with E-state index in [2.05, 4.69) is 20.6 Å². The summed E-state index contributed by atoms with van der Waals surface area (Å²) in [6, 6.07) is 12.0. The molecular weight excluding hydrogens is 342 g/mol. The summed E-state index contributed by atoms with van der Waals surface area (Å²) in [5.41, 5.74) is 2.02. The smallest absolute Gasteiger partial charge is 0.233 e. The fourth-order valence-electron chi connectivity index (χ4n) is 4.10. The molecule has 0 spiro atoms. The molecule has 27 heavy (non-hydrogen) atoms. The van der Waals surface area contributed by atoms with Gasteiger partial charge in [-0.25, -0.2) is 4.68 Å². The van der Waals surface area contributed by atoms with Gasteiger partial charge in [0.2, 0.25) is 5.88 Å². The van der Waals surface area contributed by atoms with Crippen LogP contribution in [0, 0.1) is 0 Å². The van der Waals surface area contributed by atoms with Crippen LogP contribution < -0.4 is 10.1 Å². The zero-order valence-electron chi connectivity index (χ0n) is 14.8. The van der Waals surface area contributed by atoms with Gasteiger partial charge in [0.15, 0.2) is 0 Å². The number of piperidine rings is 1. The number of ether oxygens (including phenoxy) is 1. The summed E-state index contributed by atoms with van der Waals surface area (Å²) in [6.07, 6.45) is 8.25. The highest BCUT2D eigenvalue weighted by atomic mass is 16.5. The highest BCUT2D eigenvalue weighted by Crippen LogP contribution is 2.31. The van der Waals surface area contributed by atoms with Crippen LogP contribution in [0.2, 0.25) is 0 Å². The lowest BCUT2D eigenvalue weighted by Gasteiger charge is -2.28. The second kappa shape index (κ2) is 6.66. The van der Waals surface area contributed by atoms with E-state index in [-0.39, 0.29) is 11.9 Å². The molecule has 0 unspecified atom stereocenters. The van der Waals surface area contributed by atoms with E-state index in [0.717, 1.165) is 18.5 Å². The highest BCUT2D eigenvalue weighted by Gasteiger charge is 2.34. The quantitative estimate of drug-likeness (QED) is 0.741. The summed E-state index contributed by atoms with van der Waals surface area (Å²) in [4.78, 5) is 0. The number of phenolic OH excluding ortho intramolecular Hbond substituents is 1. The van der Waals surface area contributed by atoms with Gasteiger partial charge in [0.25, 0.3) is 0 Å². The predicted molar refractivity (Wildman–Crippen MR) is 99.9 cm³/mol. The van der Waals surface area contributed by atoms with Crippen molar-refractivity contribution in [1.29, 1.82) is 0 Å². The van der Waals surface area contributed by atoms with Crippen LogP contribution in [0.15, 0.2) is 48.8 Å². The maximum atomic E-state index is 10.4. The Morgan fingerprint density at radius 3 is 2.59 bits per heavy atom. The van der Waals surface area contributed by atoms with Crippen molar-refractivity contribution in [2.45, 2.75) is 43.9 Å². The molecule has 138 valence electrons. The van der Waals surface area contributed by atoms with E-state index < -0.39 is 0 Å². The van der Waals surface area contributed by atoms with Crippen LogP contribution in [0.25, 0.3) is 16.9 Å². The first-order valence-electron chi connectivity index (χ1n) is 9.34. The summed E-state index contributed by atoms with van der Waals surface area (Å²) in [6.45, 7) is 0. The molecule has 2 saturated heterocycles. The number of phenols is 1. The number of nitrogens with one attached hydrogen (secondary N) is 1. The minimum Gasteiger partial charge on any atom is -0.507 e. The van der Waals surface area contributed by atoms with Crippen molar-refractivity contribution in [2.24, 2.45) is 0 Å². The molecule has 7 nitrogen and oxygen atoms in total. The molecule has 2 aliphatic rings. The van der Waals surface area contributed by atoms with Gasteiger partial charge in [0, 0.05) is 42.2 Å². The lowest BCUT2D eigenvalue weighted by atomic mass is 10.0. The standard InChI is InChI=1S/C20H21N5O2/c26-19-12-15(25-9-1-8-21-25)4-5-17(19)18-6-7-20(24-23-18)27-16-10-13-2-3-14(11-16)22-13/h1,4-9,12-14,16,22,26H,2-3,10-11H2/t13-,14+,16-. The van der Waals surface area contributed by atoms with Gasteiger partial charge in [-0.3, -0.25) is 0 Å². The number of fused-ring (bicyclic) bond motifs is 2. The topological polar surface area (TPSA) is 85.1 Å². The van der Waals surface area contributed by atoms with Crippen molar-refractivity contribution in [2.75, 3.05) is 0 Å². The van der Waals surface area contributed by atoms with Crippen LogP contribution in [-0.4, -0.2) is 43.3 Å². The molecule has 2 bridgehead atoms. The van der Waals surface area contributed by atoms with E-state index in [9.17, 15) is 5.11 Å². The molecule has 5 rings (SSSR count). The molecule has 3 atom stereocenters. The molecule has 0 saturated carbocycles. The SMILES string of the molecule is Oc1cc(-n2cccn2)ccc1-c1ccc(O[C@@H]2C[C@H]3CC[C@@H](C2)N3)nn1. The summed E-state index contributed by atoms with van der Waals surface area (Å²) >= 11 is 0. The van der Waals surface area contributed by atoms with E-state index in [1.807, 2.05) is 36.5 Å². The van der Waals surface area contributed by atoms with Crippen molar-refractivity contribution in [3.63, 3.8) is 0 Å². The van der Waals surface area contributed by atoms with E-state index in [1.165, 1.54) is 12.8 Å². The molecule has 0 aliphatic carbocycles. The average Bonchev–Trinajstić information content (AvgIpc) is 3.32. The summed E-state index contributed by atoms with van der Waals surface area (Å²) in [7, 11) is 0. The number of aromatic hydroxyl groups is 1. The Balaban J connectivity index is 1.31. The highest BCUT2D eigenvalue weighted by molar-refractivity contribution is 5.68. The van der Waals surface area contributed by atoms with Gasteiger partial charge in [-0.05, 0) is 49.9 Å². The first kappa shape index (κ1) is 16.3. The van der Waals surface area contributed by atoms with Crippen molar-refractivity contribution in [3.05, 3.63) is 48.8 Å². The summed E-state index contributed by atoms with van der Waals surface area (Å²) in [5.74, 6) is 0.679. The number of nitrogens with zero attached hydrogens (tertiary/aromatic N) is 4. The molecule has 2 aliphatic heterocycles. The minimum absolute atomic E-state index is 0.140. The fraction of sp³-hybridized carbons (Fsp3) is 0.350. The third kappa shape index (κ3) is 3.26. The van der Waals surface area contributed by atoms with Gasteiger partial charge < -0.3 is 15.2 Å². The van der Waals surface area contributed by atoms with Crippen LogP contribution in [0.3, 0.4) is 0 Å². The molecule has 2 aromatic heterocycles. The van der Waals surface area contributed by atoms with Crippen LogP contribution in [0.1, 0.15) is 25.7 Å². The second-order valence-electron chi connectivity index (χ2n) is 7.26. The molecular formula is C20H21N5O2. The van der Waals surface area contributed by atoms with Crippen LogP contribution in [0.5, 0.6) is 11.6 Å². The fourth-order valence-corrected chi connectivity index (χ4v) is 4.10. The molecule has 1 aromatic carbocycles. The Hall–Kier alpha value is -2.93. The number of hydrogen-bond donors (Lipinski definition) is 2. The van der Waals surface area contributed by atoms with Gasteiger partial charge in [0.1, 0.15) is 11.9 Å². The lowest BCUT2D eigenvalue weighted by Crippen LogP contribution is -2.42. The monoisotopic (exact) mass is 363 g/mol. The molecule has 7 heteroatoms. The van der Waals surface area contributed by atoms with E-state index >= 15 is 0 Å². The minimum atomic E-state index is 0.140. The molecule has 4 heterocycles. The maximum absolute atomic E-state index is 10.4. The number of aromatic nitrogens is 4. The Morgan fingerprint density at radius 2 is 1.93 bits per heavy atom.